The summed E-state index contributed by atoms with van der Waals surface area (Å²) in [6.07, 6.45) is 3.79. The Morgan fingerprint density at radius 3 is 2.71 bits per heavy atom. The molecule has 1 unspecified atom stereocenters. The quantitative estimate of drug-likeness (QED) is 0.440. The number of fused-ring (bicyclic) bond motifs is 3. The average Bonchev–Trinajstić information content (AvgIpc) is 3.53. The van der Waals surface area contributed by atoms with E-state index in [1.807, 2.05) is 26.0 Å². The van der Waals surface area contributed by atoms with Crippen molar-refractivity contribution in [2.75, 3.05) is 12.0 Å². The lowest BCUT2D eigenvalue weighted by Gasteiger charge is -2.34. The van der Waals surface area contributed by atoms with E-state index in [9.17, 15) is 23.5 Å². The first-order valence-electron chi connectivity index (χ1n) is 13.1. The van der Waals surface area contributed by atoms with Gasteiger partial charge >= 0.3 is 12.1 Å². The normalized spacial score (nSPS) is 22.5. The van der Waals surface area contributed by atoms with Crippen molar-refractivity contribution in [3.63, 3.8) is 0 Å². The number of nitrogens with zero attached hydrogens (tertiary/aromatic N) is 5. The van der Waals surface area contributed by atoms with Crippen LogP contribution in [-0.2, 0) is 22.5 Å². The third kappa shape index (κ3) is 4.63. The summed E-state index contributed by atoms with van der Waals surface area (Å²) in [6.45, 7) is 4.31. The SMILES string of the molecule is COC(=O)N1c2ccc3c(nc(C(C)Cn4cc(C(F)F)cn4)n3[C@@H]3CCC[C@@H](C(=O)O)C3)c2CC[C@@H]1C. The summed E-state index contributed by atoms with van der Waals surface area (Å²) >= 11 is 0. The van der Waals surface area contributed by atoms with Crippen molar-refractivity contribution < 1.29 is 28.2 Å². The third-order valence-electron chi connectivity index (χ3n) is 8.02. The molecule has 2 aliphatic rings. The zero-order valence-electron chi connectivity index (χ0n) is 21.8. The molecule has 3 heterocycles. The molecular weight excluding hydrogens is 496 g/mol. The molecule has 1 aliphatic carbocycles. The molecule has 1 saturated carbocycles. The van der Waals surface area contributed by atoms with Crippen LogP contribution in [0.4, 0.5) is 19.3 Å². The highest BCUT2D eigenvalue weighted by molar-refractivity contribution is 5.95. The number of methoxy groups -OCH3 is 1. The summed E-state index contributed by atoms with van der Waals surface area (Å²) < 4.78 is 35.0. The molecule has 3 aromatic rings. The Morgan fingerprint density at radius 1 is 1.24 bits per heavy atom. The number of halogens is 2. The number of carboxylic acid groups (broad SMARTS) is 1. The molecule has 0 bridgehead atoms. The molecule has 9 nitrogen and oxygen atoms in total. The summed E-state index contributed by atoms with van der Waals surface area (Å²) in [4.78, 5) is 31.2. The van der Waals surface area contributed by atoms with Gasteiger partial charge in [0.1, 0.15) is 5.82 Å². The zero-order valence-corrected chi connectivity index (χ0v) is 21.8. The number of carboxylic acids is 1. The summed E-state index contributed by atoms with van der Waals surface area (Å²) in [6, 6.07) is 3.81. The van der Waals surface area contributed by atoms with E-state index in [0.717, 1.165) is 53.8 Å². The maximum Gasteiger partial charge on any atom is 0.414 e. The van der Waals surface area contributed by atoms with Crippen molar-refractivity contribution in [2.24, 2.45) is 5.92 Å². The van der Waals surface area contributed by atoms with Gasteiger partial charge in [-0.25, -0.2) is 18.6 Å². The van der Waals surface area contributed by atoms with E-state index in [2.05, 4.69) is 9.67 Å². The standard InChI is InChI=1S/C27H33F2N5O4/c1-15(13-32-14-18(12-30-32)24(28)29)25-31-23-20-8-7-16(2)33(27(37)38-3)21(20)9-10-22(23)34(25)19-6-4-5-17(11-19)26(35)36/h9-10,12,14-17,19,24H,4-8,11,13H2,1-3H3,(H,35,36)/t15?,16-,17+,19+/m0/s1. The smallest absolute Gasteiger partial charge is 0.414 e. The van der Waals surface area contributed by atoms with Crippen LogP contribution < -0.4 is 4.90 Å². The Labute approximate surface area is 219 Å². The number of amides is 1. The fraction of sp³-hybridized carbons (Fsp3) is 0.556. The Balaban J connectivity index is 1.61. The zero-order chi connectivity index (χ0) is 27.1. The van der Waals surface area contributed by atoms with E-state index >= 15 is 0 Å². The number of alkyl halides is 2. The van der Waals surface area contributed by atoms with Gasteiger partial charge in [0, 0.05) is 29.8 Å². The number of benzene rings is 1. The van der Waals surface area contributed by atoms with Crippen LogP contribution >= 0.6 is 0 Å². The molecule has 0 radical (unpaired) electrons. The molecule has 0 saturated heterocycles. The minimum Gasteiger partial charge on any atom is -0.481 e. The van der Waals surface area contributed by atoms with Crippen LogP contribution in [0.5, 0.6) is 0 Å². The number of aliphatic carboxylic acids is 1. The van der Waals surface area contributed by atoms with E-state index in [0.29, 0.717) is 19.4 Å². The number of imidazole rings is 1. The van der Waals surface area contributed by atoms with Gasteiger partial charge in [0.05, 0.1) is 48.1 Å². The van der Waals surface area contributed by atoms with E-state index in [1.165, 1.54) is 24.2 Å². The minimum absolute atomic E-state index is 0.0219. The molecule has 204 valence electrons. The fourth-order valence-electron chi connectivity index (χ4n) is 6.10. The number of aryl methyl sites for hydroxylation is 1. The Hall–Kier alpha value is -3.50. The first kappa shape index (κ1) is 26.1. The lowest BCUT2D eigenvalue weighted by Crippen LogP contribution is -2.42. The number of carbonyl (C=O) groups is 2. The van der Waals surface area contributed by atoms with Gasteiger partial charge in [-0.3, -0.25) is 14.4 Å². The van der Waals surface area contributed by atoms with Gasteiger partial charge in [-0.15, -0.1) is 0 Å². The molecule has 5 rings (SSSR count). The van der Waals surface area contributed by atoms with Gasteiger partial charge < -0.3 is 14.4 Å². The van der Waals surface area contributed by atoms with Gasteiger partial charge in [-0.2, -0.15) is 5.10 Å². The lowest BCUT2D eigenvalue weighted by atomic mass is 9.85. The number of hydrogen-bond acceptors (Lipinski definition) is 5. The molecule has 38 heavy (non-hydrogen) atoms. The Bertz CT molecular complexity index is 1350. The van der Waals surface area contributed by atoms with Crippen LogP contribution in [0.15, 0.2) is 24.5 Å². The van der Waals surface area contributed by atoms with Crippen LogP contribution in [0, 0.1) is 5.92 Å². The van der Waals surface area contributed by atoms with Gasteiger partial charge in [0.2, 0.25) is 0 Å². The van der Waals surface area contributed by atoms with Crippen LogP contribution in [0.25, 0.3) is 11.0 Å². The Morgan fingerprint density at radius 2 is 2.03 bits per heavy atom. The molecule has 11 heteroatoms. The molecule has 1 N–H and O–H groups in total. The second-order valence-electron chi connectivity index (χ2n) is 10.6. The van der Waals surface area contributed by atoms with Crippen molar-refractivity contribution in [3.05, 3.63) is 41.5 Å². The monoisotopic (exact) mass is 529 g/mol. The van der Waals surface area contributed by atoms with E-state index in [-0.39, 0.29) is 23.6 Å². The van der Waals surface area contributed by atoms with Crippen molar-refractivity contribution in [1.29, 1.82) is 0 Å². The highest BCUT2D eigenvalue weighted by Crippen LogP contribution is 2.42. The Kier molecular flexibility index (Phi) is 7.11. The minimum atomic E-state index is -2.59. The second kappa shape index (κ2) is 10.3. The number of aromatic nitrogens is 4. The molecule has 0 spiro atoms. The van der Waals surface area contributed by atoms with Gasteiger partial charge in [-0.05, 0) is 51.2 Å². The highest BCUT2D eigenvalue weighted by Gasteiger charge is 2.35. The van der Waals surface area contributed by atoms with E-state index < -0.39 is 24.4 Å². The number of carbonyl (C=O) groups excluding carboxylic acids is 1. The van der Waals surface area contributed by atoms with Crippen LogP contribution in [-0.4, -0.2) is 49.7 Å². The second-order valence-corrected chi connectivity index (χ2v) is 10.6. The molecule has 1 amide bonds. The summed E-state index contributed by atoms with van der Waals surface area (Å²) in [5.41, 5.74) is 3.29. The van der Waals surface area contributed by atoms with Crippen LogP contribution in [0.1, 0.15) is 81.3 Å². The molecule has 2 aromatic heterocycles. The maximum absolute atomic E-state index is 13.1. The van der Waals surface area contributed by atoms with Crippen molar-refractivity contribution in [1.82, 2.24) is 19.3 Å². The molecule has 1 aromatic carbocycles. The summed E-state index contributed by atoms with van der Waals surface area (Å²) in [5, 5.41) is 13.8. The van der Waals surface area contributed by atoms with Crippen molar-refractivity contribution >= 4 is 28.8 Å². The highest BCUT2D eigenvalue weighted by atomic mass is 19.3. The number of ether oxygens (including phenoxy) is 1. The third-order valence-corrected chi connectivity index (χ3v) is 8.02. The van der Waals surface area contributed by atoms with Gasteiger partial charge in [-0.1, -0.05) is 13.3 Å². The van der Waals surface area contributed by atoms with E-state index in [1.54, 1.807) is 4.90 Å². The number of anilines is 1. The lowest BCUT2D eigenvalue weighted by molar-refractivity contribution is -0.143. The van der Waals surface area contributed by atoms with Crippen molar-refractivity contribution in [3.8, 4) is 0 Å². The maximum atomic E-state index is 13.1. The predicted molar refractivity (Wildman–Crippen MR) is 137 cm³/mol. The molecular formula is C27H33F2N5O4. The van der Waals surface area contributed by atoms with Crippen LogP contribution in [0.3, 0.4) is 0 Å². The van der Waals surface area contributed by atoms with E-state index in [4.69, 9.17) is 9.72 Å². The van der Waals surface area contributed by atoms with Crippen molar-refractivity contribution in [2.45, 2.75) is 83.3 Å². The first-order valence-corrected chi connectivity index (χ1v) is 13.1. The van der Waals surface area contributed by atoms with Crippen LogP contribution in [0.2, 0.25) is 0 Å². The predicted octanol–water partition coefficient (Wildman–Crippen LogP) is 5.70. The summed E-state index contributed by atoms with van der Waals surface area (Å²) in [7, 11) is 1.37. The number of rotatable bonds is 6. The molecule has 1 aliphatic heterocycles. The topological polar surface area (TPSA) is 102 Å². The summed E-state index contributed by atoms with van der Waals surface area (Å²) in [5.74, 6) is -0.637. The molecule has 1 fully saturated rings. The largest absolute Gasteiger partial charge is 0.481 e. The van der Waals surface area contributed by atoms with Gasteiger partial charge in [0.25, 0.3) is 6.43 Å². The first-order chi connectivity index (χ1) is 18.2. The average molecular weight is 530 g/mol. The molecule has 4 atom stereocenters. The number of hydrogen-bond donors (Lipinski definition) is 1. The fourth-order valence-corrected chi connectivity index (χ4v) is 6.10. The van der Waals surface area contributed by atoms with Gasteiger partial charge in [0.15, 0.2) is 0 Å².